The highest BCUT2D eigenvalue weighted by Crippen LogP contribution is 2.28. The Morgan fingerprint density at radius 1 is 1.10 bits per heavy atom. The van der Waals surface area contributed by atoms with Crippen LogP contribution in [0.4, 0.5) is 5.69 Å². The van der Waals surface area contributed by atoms with E-state index in [1.807, 2.05) is 11.5 Å². The maximum absolute atomic E-state index is 12.2. The van der Waals surface area contributed by atoms with Crippen LogP contribution in [0.2, 0.25) is 15.1 Å². The molecule has 6 nitrogen and oxygen atoms in total. The molecule has 1 amide bonds. The summed E-state index contributed by atoms with van der Waals surface area (Å²) in [6, 6.07) is 11.9. The lowest BCUT2D eigenvalue weighted by atomic mass is 10.3. The molecule has 0 unspecified atom stereocenters. The van der Waals surface area contributed by atoms with E-state index in [2.05, 4.69) is 15.5 Å². The second-order valence-electron chi connectivity index (χ2n) is 5.85. The molecular formula is C19H17Cl3N4O2S. The highest BCUT2D eigenvalue weighted by Gasteiger charge is 2.14. The van der Waals surface area contributed by atoms with Gasteiger partial charge in [-0.1, -0.05) is 46.6 Å². The predicted octanol–water partition coefficient (Wildman–Crippen LogP) is 5.57. The highest BCUT2D eigenvalue weighted by molar-refractivity contribution is 7.99. The van der Waals surface area contributed by atoms with Gasteiger partial charge in [0.15, 0.2) is 11.0 Å². The molecule has 0 saturated carbocycles. The Balaban J connectivity index is 1.59. The van der Waals surface area contributed by atoms with E-state index in [9.17, 15) is 4.79 Å². The molecule has 0 radical (unpaired) electrons. The first kappa shape index (κ1) is 21.8. The van der Waals surface area contributed by atoms with Crippen LogP contribution < -0.4 is 10.1 Å². The zero-order valence-electron chi connectivity index (χ0n) is 15.4. The number of hydrogen-bond acceptors (Lipinski definition) is 5. The Morgan fingerprint density at radius 2 is 1.83 bits per heavy atom. The molecule has 0 fully saturated rings. The number of ether oxygens (including phenoxy) is 1. The predicted molar refractivity (Wildman–Crippen MR) is 117 cm³/mol. The van der Waals surface area contributed by atoms with Crippen molar-refractivity contribution in [2.75, 3.05) is 11.1 Å². The fraction of sp³-hybridized carbons (Fsp3) is 0.211. The minimum absolute atomic E-state index is 0.147. The number of thioether (sulfide) groups is 1. The van der Waals surface area contributed by atoms with Gasteiger partial charge < -0.3 is 14.6 Å². The summed E-state index contributed by atoms with van der Waals surface area (Å²) in [5.41, 5.74) is 0.685. The molecule has 1 heterocycles. The number of nitrogens with zero attached hydrogens (tertiary/aromatic N) is 3. The summed E-state index contributed by atoms with van der Waals surface area (Å²) >= 11 is 19.2. The maximum Gasteiger partial charge on any atom is 0.234 e. The van der Waals surface area contributed by atoms with Gasteiger partial charge in [0.25, 0.3) is 0 Å². The molecule has 0 spiro atoms. The molecule has 0 bridgehead atoms. The van der Waals surface area contributed by atoms with E-state index in [0.29, 0.717) is 44.0 Å². The summed E-state index contributed by atoms with van der Waals surface area (Å²) in [6.45, 7) is 2.78. The summed E-state index contributed by atoms with van der Waals surface area (Å²) < 4.78 is 7.62. The van der Waals surface area contributed by atoms with Crippen LogP contribution in [0, 0.1) is 0 Å². The normalized spacial score (nSPS) is 10.8. The minimum atomic E-state index is -0.147. The highest BCUT2D eigenvalue weighted by atomic mass is 35.5. The van der Waals surface area contributed by atoms with Crippen molar-refractivity contribution in [2.45, 2.75) is 25.2 Å². The number of nitrogens with one attached hydrogen (secondary N) is 1. The van der Waals surface area contributed by atoms with Gasteiger partial charge in [-0.3, -0.25) is 4.79 Å². The Kier molecular flexibility index (Phi) is 7.66. The number of benzene rings is 2. The van der Waals surface area contributed by atoms with Gasteiger partial charge in [-0.15, -0.1) is 10.2 Å². The number of amides is 1. The first-order valence-electron chi connectivity index (χ1n) is 8.64. The molecule has 10 heteroatoms. The quantitative estimate of drug-likeness (QED) is 0.435. The Bertz CT molecular complexity index is 996. The van der Waals surface area contributed by atoms with Crippen molar-refractivity contribution in [1.29, 1.82) is 0 Å². The fourth-order valence-electron chi connectivity index (χ4n) is 2.44. The molecule has 3 rings (SSSR count). The lowest BCUT2D eigenvalue weighted by Crippen LogP contribution is -2.14. The Morgan fingerprint density at radius 3 is 2.55 bits per heavy atom. The number of carbonyl (C=O) groups excluding carboxylic acids is 1. The van der Waals surface area contributed by atoms with Gasteiger partial charge >= 0.3 is 0 Å². The second-order valence-corrected chi connectivity index (χ2v) is 8.07. The number of aromatic nitrogens is 3. The zero-order chi connectivity index (χ0) is 20.8. The summed E-state index contributed by atoms with van der Waals surface area (Å²) in [4.78, 5) is 12.2. The van der Waals surface area contributed by atoms with Gasteiger partial charge in [0, 0.05) is 28.3 Å². The number of halogens is 3. The second kappa shape index (κ2) is 10.2. The minimum Gasteiger partial charge on any atom is -0.484 e. The van der Waals surface area contributed by atoms with Crippen LogP contribution in [-0.4, -0.2) is 26.4 Å². The molecule has 1 N–H and O–H groups in total. The fourth-order valence-corrected chi connectivity index (χ4v) is 3.72. The van der Waals surface area contributed by atoms with Gasteiger partial charge in [0.1, 0.15) is 12.4 Å². The molecule has 152 valence electrons. The molecular weight excluding hydrogens is 455 g/mol. The van der Waals surface area contributed by atoms with Crippen LogP contribution in [0.25, 0.3) is 0 Å². The van der Waals surface area contributed by atoms with E-state index >= 15 is 0 Å². The average molecular weight is 472 g/mol. The molecule has 29 heavy (non-hydrogen) atoms. The van der Waals surface area contributed by atoms with Crippen molar-refractivity contribution in [1.82, 2.24) is 14.8 Å². The first-order valence-corrected chi connectivity index (χ1v) is 10.8. The van der Waals surface area contributed by atoms with E-state index < -0.39 is 0 Å². The molecule has 3 aromatic rings. The lowest BCUT2D eigenvalue weighted by Gasteiger charge is -2.10. The number of anilines is 1. The van der Waals surface area contributed by atoms with Crippen LogP contribution in [0.5, 0.6) is 5.75 Å². The zero-order valence-corrected chi connectivity index (χ0v) is 18.4. The van der Waals surface area contributed by atoms with Gasteiger partial charge in [0.05, 0.1) is 10.8 Å². The number of carbonyl (C=O) groups is 1. The maximum atomic E-state index is 12.2. The van der Waals surface area contributed by atoms with Crippen molar-refractivity contribution in [3.05, 3.63) is 63.4 Å². The molecule has 0 saturated heterocycles. The molecule has 2 aromatic carbocycles. The first-order chi connectivity index (χ1) is 14.0. The number of rotatable bonds is 8. The van der Waals surface area contributed by atoms with Gasteiger partial charge in [0.2, 0.25) is 5.91 Å². The van der Waals surface area contributed by atoms with Crippen molar-refractivity contribution >= 4 is 58.2 Å². The van der Waals surface area contributed by atoms with Crippen LogP contribution in [-0.2, 0) is 17.9 Å². The standard InChI is InChI=1S/C19H17Cl3N4O2S/c1-2-26-17(10-28-16-9-13(21)5-8-15(16)22)24-25-19(26)29-11-18(27)23-14-6-3-12(20)4-7-14/h3-9H,2,10-11H2,1H3,(H,23,27). The third-order valence-corrected chi connectivity index (χ3v) is 5.59. The summed E-state index contributed by atoms with van der Waals surface area (Å²) in [5, 5.41) is 13.4. The largest absolute Gasteiger partial charge is 0.484 e. The molecule has 0 aliphatic carbocycles. The van der Waals surface area contributed by atoms with E-state index in [1.165, 1.54) is 11.8 Å². The molecule has 1 aromatic heterocycles. The van der Waals surface area contributed by atoms with Gasteiger partial charge in [-0.2, -0.15) is 0 Å². The lowest BCUT2D eigenvalue weighted by molar-refractivity contribution is -0.113. The average Bonchev–Trinajstić information content (AvgIpc) is 3.10. The van der Waals surface area contributed by atoms with Crippen molar-refractivity contribution in [3.63, 3.8) is 0 Å². The topological polar surface area (TPSA) is 69.0 Å². The summed E-state index contributed by atoms with van der Waals surface area (Å²) in [7, 11) is 0. The van der Waals surface area contributed by atoms with E-state index in [4.69, 9.17) is 39.5 Å². The van der Waals surface area contributed by atoms with E-state index in [0.717, 1.165) is 0 Å². The van der Waals surface area contributed by atoms with Crippen LogP contribution in [0.15, 0.2) is 47.6 Å². The summed E-state index contributed by atoms with van der Waals surface area (Å²) in [5.74, 6) is 1.15. The molecule has 0 aliphatic heterocycles. The van der Waals surface area contributed by atoms with Crippen LogP contribution in [0.3, 0.4) is 0 Å². The third-order valence-electron chi connectivity index (χ3n) is 3.82. The SMILES string of the molecule is CCn1c(COc2cc(Cl)ccc2Cl)nnc1SCC(=O)Nc1ccc(Cl)cc1. The Labute approximate surface area is 187 Å². The van der Waals surface area contributed by atoms with E-state index in [-0.39, 0.29) is 18.3 Å². The van der Waals surface area contributed by atoms with Crippen molar-refractivity contribution in [2.24, 2.45) is 0 Å². The summed E-state index contributed by atoms with van der Waals surface area (Å²) in [6.07, 6.45) is 0. The third kappa shape index (κ3) is 6.02. The monoisotopic (exact) mass is 470 g/mol. The van der Waals surface area contributed by atoms with Gasteiger partial charge in [-0.05, 0) is 43.3 Å². The number of hydrogen-bond donors (Lipinski definition) is 1. The van der Waals surface area contributed by atoms with Crippen molar-refractivity contribution < 1.29 is 9.53 Å². The van der Waals surface area contributed by atoms with Crippen LogP contribution in [0.1, 0.15) is 12.7 Å². The Hall–Kier alpha value is -1.93. The van der Waals surface area contributed by atoms with E-state index in [1.54, 1.807) is 42.5 Å². The molecule has 0 atom stereocenters. The van der Waals surface area contributed by atoms with Crippen LogP contribution >= 0.6 is 46.6 Å². The molecule has 0 aliphatic rings. The van der Waals surface area contributed by atoms with Gasteiger partial charge in [-0.25, -0.2) is 0 Å². The van der Waals surface area contributed by atoms with Crippen molar-refractivity contribution in [3.8, 4) is 5.75 Å². The smallest absolute Gasteiger partial charge is 0.234 e.